The second-order valence-electron chi connectivity index (χ2n) is 10.5. The van der Waals surface area contributed by atoms with Gasteiger partial charge in [0.2, 0.25) is 0 Å². The van der Waals surface area contributed by atoms with Gasteiger partial charge < -0.3 is 21.4 Å². The highest BCUT2D eigenvalue weighted by molar-refractivity contribution is 6.31. The van der Waals surface area contributed by atoms with E-state index in [0.717, 1.165) is 18.4 Å². The zero-order valence-corrected chi connectivity index (χ0v) is 24.3. The van der Waals surface area contributed by atoms with Crippen molar-refractivity contribution >= 4 is 28.5 Å². The Balaban J connectivity index is 1.53. The van der Waals surface area contributed by atoms with Gasteiger partial charge in [-0.2, -0.15) is 4.98 Å². The Kier molecular flexibility index (Phi) is 10.4. The summed E-state index contributed by atoms with van der Waals surface area (Å²) in [5.74, 6) is -1.24. The van der Waals surface area contributed by atoms with Crippen LogP contribution in [-0.4, -0.2) is 46.2 Å². The highest BCUT2D eigenvalue weighted by Gasteiger charge is 2.17. The monoisotopic (exact) mass is 601 g/mol. The van der Waals surface area contributed by atoms with E-state index in [1.165, 1.54) is 16.8 Å². The molecule has 0 aliphatic carbocycles. The average molecular weight is 602 g/mol. The fourth-order valence-electron chi connectivity index (χ4n) is 4.76. The van der Waals surface area contributed by atoms with Crippen LogP contribution in [0.3, 0.4) is 0 Å². The van der Waals surface area contributed by atoms with Crippen LogP contribution in [-0.2, 0) is 6.42 Å². The number of halogens is 4. The number of nitrogens with two attached hydrogens (primary N) is 1. The van der Waals surface area contributed by atoms with Gasteiger partial charge in [-0.3, -0.25) is 9.98 Å². The van der Waals surface area contributed by atoms with E-state index < -0.39 is 24.0 Å². The van der Waals surface area contributed by atoms with Crippen molar-refractivity contribution in [3.8, 4) is 16.9 Å². The van der Waals surface area contributed by atoms with E-state index in [4.69, 9.17) is 22.7 Å². The van der Waals surface area contributed by atoms with Crippen molar-refractivity contribution in [1.82, 2.24) is 25.2 Å². The number of H-pyrrole nitrogens is 1. The van der Waals surface area contributed by atoms with Gasteiger partial charge >= 0.3 is 5.69 Å². The summed E-state index contributed by atoms with van der Waals surface area (Å²) in [6, 6.07) is 9.28. The number of aromatic amines is 1. The molecule has 0 aliphatic rings. The van der Waals surface area contributed by atoms with Crippen LogP contribution in [0.1, 0.15) is 50.3 Å². The number of aromatic nitrogens is 3. The first-order valence-electron chi connectivity index (χ1n) is 13.8. The molecular formula is C30H35ClF3N7O. The minimum Gasteiger partial charge on any atom is -0.372 e. The lowest BCUT2D eigenvalue weighted by atomic mass is 10.0. The fourth-order valence-corrected chi connectivity index (χ4v) is 5.00. The summed E-state index contributed by atoms with van der Waals surface area (Å²) in [4.78, 5) is 20.0. The van der Waals surface area contributed by atoms with Crippen molar-refractivity contribution in [3.05, 3.63) is 80.9 Å². The minimum atomic E-state index is -0.838. The normalized spacial score (nSPS) is 12.9. The predicted octanol–water partition coefficient (Wildman–Crippen LogP) is 5.56. The van der Waals surface area contributed by atoms with E-state index in [2.05, 4.69) is 20.6 Å². The lowest BCUT2D eigenvalue weighted by molar-refractivity contribution is 0.516. The number of hydrogen-bond donors (Lipinski definition) is 5. The molecule has 0 unspecified atom stereocenters. The standard InChI is InChI=1S/C30H35ClF3N7O/c1-17(35)5-3-6-19-11-23(28(34)24(31)12-19)26-13-20-16-41(30(42)40-29(20)39-26)21-7-8-22(25(33)14-21)18(2)37-9-4-10-38-27(36)15-32/h7-8,11-14,16-18,37H,3-6,9-10,15,35H2,1-2H3,(H2,36,38)(H,39,40,42)/t17-,18+/m0/s1. The van der Waals surface area contributed by atoms with Crippen LogP contribution < -0.4 is 22.1 Å². The van der Waals surface area contributed by atoms with Gasteiger partial charge in [-0.1, -0.05) is 17.7 Å². The van der Waals surface area contributed by atoms with Crippen LogP contribution >= 0.6 is 11.6 Å². The van der Waals surface area contributed by atoms with Gasteiger partial charge in [0.15, 0.2) is 5.82 Å². The first-order valence-corrected chi connectivity index (χ1v) is 14.2. The largest absolute Gasteiger partial charge is 0.372 e. The zero-order valence-electron chi connectivity index (χ0n) is 23.5. The summed E-state index contributed by atoms with van der Waals surface area (Å²) >= 11 is 6.20. The fraction of sp³-hybridized carbons (Fsp3) is 0.367. The van der Waals surface area contributed by atoms with Crippen LogP contribution in [0.15, 0.2) is 47.4 Å². The van der Waals surface area contributed by atoms with Crippen molar-refractivity contribution in [2.45, 2.75) is 51.6 Å². The molecule has 224 valence electrons. The summed E-state index contributed by atoms with van der Waals surface area (Å²) in [5.41, 5.74) is 7.77. The van der Waals surface area contributed by atoms with Gasteiger partial charge in [0.25, 0.3) is 0 Å². The molecule has 0 fully saturated rings. The zero-order chi connectivity index (χ0) is 30.4. The molecule has 4 rings (SSSR count). The summed E-state index contributed by atoms with van der Waals surface area (Å²) in [6.07, 6.45) is 4.52. The molecule has 8 nitrogen and oxygen atoms in total. The molecule has 2 heterocycles. The molecule has 4 aromatic rings. The van der Waals surface area contributed by atoms with Crippen molar-refractivity contribution in [3.63, 3.8) is 0 Å². The Hall–Kier alpha value is -3.67. The Labute approximate surface area is 247 Å². The number of alkyl halides is 1. The first kappa shape index (κ1) is 31.3. The van der Waals surface area contributed by atoms with Crippen molar-refractivity contribution in [1.29, 1.82) is 5.41 Å². The van der Waals surface area contributed by atoms with Gasteiger partial charge in [0.1, 0.15) is 24.0 Å². The van der Waals surface area contributed by atoms with E-state index in [9.17, 15) is 9.18 Å². The topological polar surface area (TPSA) is 125 Å². The van der Waals surface area contributed by atoms with Gasteiger partial charge in [0.05, 0.1) is 16.4 Å². The second-order valence-corrected chi connectivity index (χ2v) is 10.9. The highest BCUT2D eigenvalue weighted by Crippen LogP contribution is 2.31. The van der Waals surface area contributed by atoms with Crippen molar-refractivity contribution in [2.24, 2.45) is 5.73 Å². The number of nitrogens with one attached hydrogen (secondary N) is 4. The first-order chi connectivity index (χ1) is 20.1. The molecule has 0 radical (unpaired) electrons. The van der Waals surface area contributed by atoms with Gasteiger partial charge in [-0.25, -0.2) is 18.0 Å². The molecule has 0 saturated carbocycles. The highest BCUT2D eigenvalue weighted by atomic mass is 35.5. The number of nitrogens with zero attached hydrogens (tertiary/aromatic N) is 2. The summed E-state index contributed by atoms with van der Waals surface area (Å²) in [7, 11) is 0. The third kappa shape index (κ3) is 7.58. The Morgan fingerprint density at radius 3 is 2.67 bits per heavy atom. The molecule has 42 heavy (non-hydrogen) atoms. The van der Waals surface area contributed by atoms with Crippen molar-refractivity contribution in [2.75, 3.05) is 19.8 Å². The number of benzene rings is 2. The van der Waals surface area contributed by atoms with E-state index in [1.807, 2.05) is 13.8 Å². The van der Waals surface area contributed by atoms with Crippen LogP contribution in [0.2, 0.25) is 5.02 Å². The van der Waals surface area contributed by atoms with Gasteiger partial charge in [-0.15, -0.1) is 0 Å². The van der Waals surface area contributed by atoms with Crippen LogP contribution in [0, 0.1) is 17.0 Å². The SMILES string of the molecule is C[C@H](N)CCCc1cc(Cl)c(F)c(-c2cc3cn(-c4ccc([C@@H](C)NCCCNC(=N)CF)c(F)c4)c(=O)nc3[nH]2)c1. The average Bonchev–Trinajstić information content (AvgIpc) is 3.36. The number of aryl methyl sites for hydroxylation is 1. The maximum Gasteiger partial charge on any atom is 0.354 e. The second kappa shape index (κ2) is 14.0. The maximum absolute atomic E-state index is 15.1. The van der Waals surface area contributed by atoms with E-state index in [0.29, 0.717) is 48.3 Å². The predicted molar refractivity (Wildman–Crippen MR) is 161 cm³/mol. The number of amidine groups is 1. The summed E-state index contributed by atoms with van der Waals surface area (Å²) < 4.78 is 43.7. The number of rotatable bonds is 13. The van der Waals surface area contributed by atoms with E-state index >= 15 is 8.78 Å². The van der Waals surface area contributed by atoms with Crippen LogP contribution in [0.4, 0.5) is 13.2 Å². The summed E-state index contributed by atoms with van der Waals surface area (Å²) in [5, 5.41) is 13.7. The lowest BCUT2D eigenvalue weighted by Gasteiger charge is -2.16. The molecule has 0 spiro atoms. The Bertz CT molecular complexity index is 1620. The van der Waals surface area contributed by atoms with Gasteiger partial charge in [-0.05, 0) is 82.0 Å². The molecule has 0 aliphatic heterocycles. The van der Waals surface area contributed by atoms with Crippen LogP contribution in [0.5, 0.6) is 0 Å². The van der Waals surface area contributed by atoms with Crippen molar-refractivity contribution < 1.29 is 13.2 Å². The molecule has 0 bridgehead atoms. The molecule has 2 aromatic carbocycles. The van der Waals surface area contributed by atoms with Gasteiger partial charge in [0, 0.05) is 41.3 Å². The number of hydrogen-bond acceptors (Lipinski definition) is 5. The van der Waals surface area contributed by atoms with E-state index in [-0.39, 0.29) is 34.2 Å². The molecule has 0 saturated heterocycles. The molecule has 0 amide bonds. The maximum atomic E-state index is 15.1. The smallest absolute Gasteiger partial charge is 0.354 e. The van der Waals surface area contributed by atoms with Crippen LogP contribution in [0.25, 0.3) is 28.0 Å². The summed E-state index contributed by atoms with van der Waals surface area (Å²) in [6.45, 7) is 3.88. The Morgan fingerprint density at radius 1 is 1.17 bits per heavy atom. The quantitative estimate of drug-likeness (QED) is 0.0780. The minimum absolute atomic E-state index is 0.00254. The number of fused-ring (bicyclic) bond motifs is 1. The van der Waals surface area contributed by atoms with E-state index in [1.54, 1.807) is 30.3 Å². The molecular weight excluding hydrogens is 567 g/mol. The lowest BCUT2D eigenvalue weighted by Crippen LogP contribution is -2.28. The molecule has 2 atom stereocenters. The third-order valence-electron chi connectivity index (χ3n) is 7.02. The molecule has 6 N–H and O–H groups in total. The molecule has 12 heteroatoms. The third-order valence-corrected chi connectivity index (χ3v) is 7.29. The molecule has 2 aromatic heterocycles. The Morgan fingerprint density at radius 2 is 1.95 bits per heavy atom.